The second-order valence-electron chi connectivity index (χ2n) is 5.82. The van der Waals surface area contributed by atoms with Crippen LogP contribution >= 0.6 is 0 Å². The molecule has 0 unspecified atom stereocenters. The van der Waals surface area contributed by atoms with E-state index in [1.807, 2.05) is 19.1 Å². The molecule has 0 saturated heterocycles. The maximum absolute atomic E-state index is 12.3. The molecule has 2 saturated carbocycles. The molecule has 0 aromatic heterocycles. The Kier molecular flexibility index (Phi) is 3.51. The van der Waals surface area contributed by atoms with E-state index in [1.54, 1.807) is 0 Å². The maximum atomic E-state index is 12.3. The Labute approximate surface area is 99.3 Å². The largest absolute Gasteiger partial charge is 0.295 e. The van der Waals surface area contributed by atoms with Crippen molar-refractivity contribution in [3.63, 3.8) is 0 Å². The van der Waals surface area contributed by atoms with Gasteiger partial charge in [-0.3, -0.25) is 4.79 Å². The summed E-state index contributed by atoms with van der Waals surface area (Å²) in [5.41, 5.74) is 0.383. The van der Waals surface area contributed by atoms with Gasteiger partial charge in [0.1, 0.15) is 0 Å². The first kappa shape index (κ1) is 11.9. The third-order valence-corrected chi connectivity index (χ3v) is 4.80. The van der Waals surface area contributed by atoms with Crippen LogP contribution in [-0.4, -0.2) is 5.78 Å². The molecular formula is C15H24O. The van der Waals surface area contributed by atoms with Crippen LogP contribution in [0.5, 0.6) is 0 Å². The molecule has 2 rings (SSSR count). The fraction of sp³-hybridized carbons (Fsp3) is 0.800. The van der Waals surface area contributed by atoms with Gasteiger partial charge in [0, 0.05) is 5.92 Å². The van der Waals surface area contributed by atoms with Gasteiger partial charge in [0.25, 0.3) is 0 Å². The average molecular weight is 220 g/mol. The lowest BCUT2D eigenvalue weighted by Crippen LogP contribution is -2.40. The van der Waals surface area contributed by atoms with Crippen molar-refractivity contribution in [3.8, 4) is 0 Å². The summed E-state index contributed by atoms with van der Waals surface area (Å²) in [6.07, 6.45) is 12.9. The first-order chi connectivity index (χ1) is 7.69. The third-order valence-electron chi connectivity index (χ3n) is 4.80. The van der Waals surface area contributed by atoms with Crippen molar-refractivity contribution in [2.45, 2.75) is 58.8 Å². The average Bonchev–Trinajstić information content (AvgIpc) is 2.67. The quantitative estimate of drug-likeness (QED) is 0.639. The maximum Gasteiger partial charge on any atom is 0.159 e. The highest BCUT2D eigenvalue weighted by molar-refractivity contribution is 5.92. The van der Waals surface area contributed by atoms with E-state index >= 15 is 0 Å². The molecule has 0 bridgehead atoms. The van der Waals surface area contributed by atoms with Gasteiger partial charge in [0.05, 0.1) is 0 Å². The Morgan fingerprint density at radius 3 is 2.44 bits per heavy atom. The van der Waals surface area contributed by atoms with E-state index in [9.17, 15) is 4.79 Å². The minimum atomic E-state index is 0.319. The number of rotatable bonds is 2. The molecule has 0 aromatic rings. The van der Waals surface area contributed by atoms with Gasteiger partial charge in [-0.2, -0.15) is 0 Å². The number of hydrogen-bond acceptors (Lipinski definition) is 1. The van der Waals surface area contributed by atoms with Crippen molar-refractivity contribution in [2.24, 2.45) is 17.3 Å². The summed E-state index contributed by atoms with van der Waals surface area (Å²) in [6.45, 7) is 4.23. The Morgan fingerprint density at radius 1 is 1.19 bits per heavy atom. The smallest absolute Gasteiger partial charge is 0.159 e. The van der Waals surface area contributed by atoms with Crippen molar-refractivity contribution >= 4 is 5.78 Å². The molecular weight excluding hydrogens is 196 g/mol. The van der Waals surface area contributed by atoms with Crippen molar-refractivity contribution in [1.29, 1.82) is 0 Å². The van der Waals surface area contributed by atoms with Gasteiger partial charge < -0.3 is 0 Å². The van der Waals surface area contributed by atoms with E-state index in [1.165, 1.54) is 44.9 Å². The fourth-order valence-electron chi connectivity index (χ4n) is 4.19. The highest BCUT2D eigenvalue weighted by Gasteiger charge is 2.47. The molecule has 1 nitrogen and oxygen atoms in total. The van der Waals surface area contributed by atoms with Crippen molar-refractivity contribution < 1.29 is 4.79 Å². The van der Waals surface area contributed by atoms with Gasteiger partial charge in [-0.05, 0) is 50.0 Å². The molecule has 0 heterocycles. The lowest BCUT2D eigenvalue weighted by atomic mass is 9.59. The van der Waals surface area contributed by atoms with Gasteiger partial charge in [0.15, 0.2) is 5.78 Å². The monoisotopic (exact) mass is 220 g/mol. The number of hydrogen-bond donors (Lipinski definition) is 0. The third kappa shape index (κ3) is 1.97. The summed E-state index contributed by atoms with van der Waals surface area (Å²) in [5.74, 6) is 1.31. The second kappa shape index (κ2) is 4.73. The summed E-state index contributed by atoms with van der Waals surface area (Å²) in [4.78, 5) is 12.3. The Hall–Kier alpha value is -0.590. The molecule has 1 heteroatoms. The Balaban J connectivity index is 2.24. The van der Waals surface area contributed by atoms with Crippen LogP contribution < -0.4 is 0 Å². The molecule has 16 heavy (non-hydrogen) atoms. The van der Waals surface area contributed by atoms with Crippen molar-refractivity contribution in [2.75, 3.05) is 0 Å². The van der Waals surface area contributed by atoms with Gasteiger partial charge in [-0.25, -0.2) is 0 Å². The predicted molar refractivity (Wildman–Crippen MR) is 67.2 cm³/mol. The normalized spacial score (nSPS) is 33.6. The molecule has 0 radical (unpaired) electrons. The van der Waals surface area contributed by atoms with Gasteiger partial charge in [0.2, 0.25) is 0 Å². The SMILES string of the molecule is CC=CC(=O)[C@@H]1[C@H](C)CCCC12CCCC2. The summed E-state index contributed by atoms with van der Waals surface area (Å²) < 4.78 is 0. The highest BCUT2D eigenvalue weighted by atomic mass is 16.1. The molecule has 2 aliphatic carbocycles. The molecule has 90 valence electrons. The van der Waals surface area contributed by atoms with Crippen molar-refractivity contribution in [1.82, 2.24) is 0 Å². The first-order valence-electron chi connectivity index (χ1n) is 6.86. The summed E-state index contributed by atoms with van der Waals surface area (Å²) in [5, 5.41) is 0. The second-order valence-corrected chi connectivity index (χ2v) is 5.82. The van der Waals surface area contributed by atoms with Gasteiger partial charge >= 0.3 is 0 Å². The Morgan fingerprint density at radius 2 is 1.81 bits per heavy atom. The zero-order valence-corrected chi connectivity index (χ0v) is 10.7. The lowest BCUT2D eigenvalue weighted by Gasteiger charge is -2.44. The standard InChI is InChI=1S/C15H24O/c1-3-7-13(16)14-12(2)8-6-11-15(14)9-4-5-10-15/h3,7,12,14H,4-6,8-11H2,1-2H3/t12-,14+/m1/s1. The van der Waals surface area contributed by atoms with Crippen LogP contribution in [0.1, 0.15) is 58.8 Å². The number of carbonyl (C=O) groups is 1. The van der Waals surface area contributed by atoms with Crippen LogP contribution in [0.3, 0.4) is 0 Å². The summed E-state index contributed by atoms with van der Waals surface area (Å²) in [6, 6.07) is 0. The molecule has 0 amide bonds. The molecule has 0 aromatic carbocycles. The first-order valence-corrected chi connectivity index (χ1v) is 6.86. The lowest BCUT2D eigenvalue weighted by molar-refractivity contribution is -0.126. The zero-order chi connectivity index (χ0) is 11.6. The number of carbonyl (C=O) groups excluding carboxylic acids is 1. The van der Waals surface area contributed by atoms with Gasteiger partial charge in [-0.1, -0.05) is 32.3 Å². The summed E-state index contributed by atoms with van der Waals surface area (Å²) >= 11 is 0. The molecule has 0 N–H and O–H groups in total. The van der Waals surface area contributed by atoms with Crippen LogP contribution in [0.25, 0.3) is 0 Å². The van der Waals surface area contributed by atoms with Crippen LogP contribution in [0.15, 0.2) is 12.2 Å². The topological polar surface area (TPSA) is 17.1 Å². The molecule has 2 atom stereocenters. The van der Waals surface area contributed by atoms with Gasteiger partial charge in [-0.15, -0.1) is 0 Å². The number of allylic oxidation sites excluding steroid dienone is 2. The molecule has 2 fully saturated rings. The predicted octanol–water partition coefficient (Wildman–Crippen LogP) is 4.13. The Bertz CT molecular complexity index is 284. The van der Waals surface area contributed by atoms with E-state index < -0.39 is 0 Å². The van der Waals surface area contributed by atoms with Crippen LogP contribution in [0.2, 0.25) is 0 Å². The minimum Gasteiger partial charge on any atom is -0.295 e. The van der Waals surface area contributed by atoms with E-state index in [0.717, 1.165) is 0 Å². The van der Waals surface area contributed by atoms with E-state index in [2.05, 4.69) is 6.92 Å². The fourth-order valence-corrected chi connectivity index (χ4v) is 4.19. The van der Waals surface area contributed by atoms with E-state index in [-0.39, 0.29) is 0 Å². The van der Waals surface area contributed by atoms with E-state index in [0.29, 0.717) is 23.0 Å². The van der Waals surface area contributed by atoms with Crippen LogP contribution in [0, 0.1) is 17.3 Å². The number of ketones is 1. The van der Waals surface area contributed by atoms with Crippen molar-refractivity contribution in [3.05, 3.63) is 12.2 Å². The molecule has 2 aliphatic rings. The summed E-state index contributed by atoms with van der Waals surface area (Å²) in [7, 11) is 0. The van der Waals surface area contributed by atoms with Crippen LogP contribution in [-0.2, 0) is 4.79 Å². The van der Waals surface area contributed by atoms with E-state index in [4.69, 9.17) is 0 Å². The minimum absolute atomic E-state index is 0.319. The molecule has 0 aliphatic heterocycles. The molecule has 1 spiro atoms. The zero-order valence-electron chi connectivity index (χ0n) is 10.7. The van der Waals surface area contributed by atoms with Crippen LogP contribution in [0.4, 0.5) is 0 Å². The highest BCUT2D eigenvalue weighted by Crippen LogP contribution is 2.54.